The number of anilines is 2. The first-order chi connectivity index (χ1) is 8.69. The number of aryl methyl sites for hydroxylation is 2. The molecule has 0 amide bonds. The second kappa shape index (κ2) is 5.48. The van der Waals surface area contributed by atoms with Gasteiger partial charge in [0.05, 0.1) is 18.1 Å². The molecule has 18 heavy (non-hydrogen) atoms. The molecule has 0 aliphatic rings. The van der Waals surface area contributed by atoms with Crippen molar-refractivity contribution in [1.82, 2.24) is 19.7 Å². The molecule has 2 rings (SSSR count). The lowest BCUT2D eigenvalue weighted by Gasteiger charge is -2.06. The van der Waals surface area contributed by atoms with Gasteiger partial charge in [0.25, 0.3) is 0 Å². The van der Waals surface area contributed by atoms with Crippen LogP contribution in [0.15, 0.2) is 18.6 Å². The van der Waals surface area contributed by atoms with Gasteiger partial charge in [-0.25, -0.2) is 4.98 Å². The molecule has 0 aromatic carbocycles. The fourth-order valence-corrected chi connectivity index (χ4v) is 1.73. The van der Waals surface area contributed by atoms with Gasteiger partial charge in [-0.3, -0.25) is 9.67 Å². The van der Waals surface area contributed by atoms with E-state index in [-0.39, 0.29) is 0 Å². The van der Waals surface area contributed by atoms with Crippen molar-refractivity contribution in [3.63, 3.8) is 0 Å². The fourth-order valence-electron chi connectivity index (χ4n) is 1.73. The molecule has 0 aliphatic carbocycles. The van der Waals surface area contributed by atoms with Crippen LogP contribution in [0.1, 0.15) is 18.2 Å². The summed E-state index contributed by atoms with van der Waals surface area (Å²) in [6.07, 6.45) is 5.43. The first kappa shape index (κ1) is 12.3. The Labute approximate surface area is 106 Å². The number of aromatic nitrogens is 4. The maximum Gasteiger partial charge on any atom is 0.147 e. The van der Waals surface area contributed by atoms with Crippen molar-refractivity contribution in [2.75, 3.05) is 17.2 Å². The first-order valence-corrected chi connectivity index (χ1v) is 5.98. The zero-order chi connectivity index (χ0) is 13.0. The molecule has 2 heterocycles. The van der Waals surface area contributed by atoms with Gasteiger partial charge in [-0.2, -0.15) is 5.10 Å². The van der Waals surface area contributed by atoms with Crippen LogP contribution in [-0.4, -0.2) is 26.3 Å². The van der Waals surface area contributed by atoms with Crippen LogP contribution in [0, 0.1) is 6.92 Å². The smallest absolute Gasteiger partial charge is 0.147 e. The van der Waals surface area contributed by atoms with E-state index in [2.05, 4.69) is 25.7 Å². The highest BCUT2D eigenvalue weighted by Gasteiger charge is 2.03. The van der Waals surface area contributed by atoms with Crippen LogP contribution in [-0.2, 0) is 13.6 Å². The molecule has 0 saturated carbocycles. The molecule has 0 bridgehead atoms. The van der Waals surface area contributed by atoms with E-state index in [1.54, 1.807) is 12.4 Å². The summed E-state index contributed by atoms with van der Waals surface area (Å²) in [6.45, 7) is 5.56. The minimum Gasteiger partial charge on any atom is -0.369 e. The summed E-state index contributed by atoms with van der Waals surface area (Å²) in [5.74, 6) is 1.54. The van der Waals surface area contributed by atoms with Crippen molar-refractivity contribution in [2.24, 2.45) is 7.05 Å². The summed E-state index contributed by atoms with van der Waals surface area (Å²) in [5, 5.41) is 10.7. The summed E-state index contributed by atoms with van der Waals surface area (Å²) in [6, 6.07) is 0. The van der Waals surface area contributed by atoms with Crippen molar-refractivity contribution in [3.05, 3.63) is 29.8 Å². The molecule has 0 atom stereocenters. The number of hydrogen-bond acceptors (Lipinski definition) is 5. The van der Waals surface area contributed by atoms with E-state index in [1.165, 1.54) is 0 Å². The monoisotopic (exact) mass is 246 g/mol. The Morgan fingerprint density at radius 2 is 1.94 bits per heavy atom. The first-order valence-electron chi connectivity index (χ1n) is 5.98. The Kier molecular flexibility index (Phi) is 3.76. The quantitative estimate of drug-likeness (QED) is 0.838. The lowest BCUT2D eigenvalue weighted by molar-refractivity contribution is 0.756. The Balaban J connectivity index is 2.01. The van der Waals surface area contributed by atoms with Gasteiger partial charge in [-0.05, 0) is 13.8 Å². The van der Waals surface area contributed by atoms with E-state index in [1.807, 2.05) is 31.8 Å². The van der Waals surface area contributed by atoms with E-state index in [0.29, 0.717) is 6.54 Å². The van der Waals surface area contributed by atoms with E-state index in [0.717, 1.165) is 29.4 Å². The molecule has 0 unspecified atom stereocenters. The number of hydrogen-bond donors (Lipinski definition) is 2. The van der Waals surface area contributed by atoms with Crippen LogP contribution in [0.2, 0.25) is 0 Å². The zero-order valence-corrected chi connectivity index (χ0v) is 10.9. The minimum absolute atomic E-state index is 0.698. The van der Waals surface area contributed by atoms with Crippen LogP contribution in [0.5, 0.6) is 0 Å². The molecule has 0 spiro atoms. The molecule has 0 fully saturated rings. The van der Waals surface area contributed by atoms with Crippen molar-refractivity contribution in [2.45, 2.75) is 20.4 Å². The molecule has 0 aliphatic heterocycles. The largest absolute Gasteiger partial charge is 0.369 e. The van der Waals surface area contributed by atoms with Gasteiger partial charge in [0.2, 0.25) is 0 Å². The topological polar surface area (TPSA) is 67.7 Å². The van der Waals surface area contributed by atoms with Gasteiger partial charge in [-0.1, -0.05) is 0 Å². The van der Waals surface area contributed by atoms with E-state index in [9.17, 15) is 0 Å². The van der Waals surface area contributed by atoms with Crippen LogP contribution < -0.4 is 10.6 Å². The van der Waals surface area contributed by atoms with Crippen molar-refractivity contribution in [3.8, 4) is 0 Å². The minimum atomic E-state index is 0.698. The highest BCUT2D eigenvalue weighted by atomic mass is 15.3. The lowest BCUT2D eigenvalue weighted by Crippen LogP contribution is -2.05. The molecule has 0 radical (unpaired) electrons. The SMILES string of the molecule is CCNc1cncc(NCc2cn(C)nc2C)n1. The van der Waals surface area contributed by atoms with Crippen LogP contribution in [0.25, 0.3) is 0 Å². The summed E-state index contributed by atoms with van der Waals surface area (Å²) < 4.78 is 1.81. The molecule has 2 aromatic rings. The number of nitrogens with one attached hydrogen (secondary N) is 2. The summed E-state index contributed by atoms with van der Waals surface area (Å²) in [4.78, 5) is 8.54. The maximum atomic E-state index is 4.40. The third-order valence-electron chi connectivity index (χ3n) is 2.57. The molecular weight excluding hydrogens is 228 g/mol. The van der Waals surface area contributed by atoms with Crippen LogP contribution in [0.4, 0.5) is 11.6 Å². The molecule has 0 saturated heterocycles. The molecule has 6 heteroatoms. The second-order valence-electron chi connectivity index (χ2n) is 4.09. The Morgan fingerprint density at radius 3 is 2.56 bits per heavy atom. The van der Waals surface area contributed by atoms with Gasteiger partial charge in [0, 0.05) is 31.9 Å². The van der Waals surface area contributed by atoms with Gasteiger partial charge < -0.3 is 10.6 Å². The predicted octanol–water partition coefficient (Wildman–Crippen LogP) is 1.56. The summed E-state index contributed by atoms with van der Waals surface area (Å²) in [5.41, 5.74) is 2.19. The average molecular weight is 246 g/mol. The highest BCUT2D eigenvalue weighted by molar-refractivity contribution is 5.42. The Morgan fingerprint density at radius 1 is 1.22 bits per heavy atom. The van der Waals surface area contributed by atoms with Crippen molar-refractivity contribution >= 4 is 11.6 Å². The van der Waals surface area contributed by atoms with Gasteiger partial charge >= 0.3 is 0 Å². The second-order valence-corrected chi connectivity index (χ2v) is 4.09. The van der Waals surface area contributed by atoms with E-state index < -0.39 is 0 Å². The van der Waals surface area contributed by atoms with Crippen molar-refractivity contribution < 1.29 is 0 Å². The van der Waals surface area contributed by atoms with Gasteiger partial charge in [-0.15, -0.1) is 0 Å². The standard InChI is InChI=1S/C12H18N6/c1-4-14-11-6-13-7-12(16-11)15-5-10-8-18(3)17-9(10)2/h6-8H,4-5H2,1-3H3,(H2,14,15,16). The van der Waals surface area contributed by atoms with Gasteiger partial charge in [0.15, 0.2) is 0 Å². The van der Waals surface area contributed by atoms with Crippen LogP contribution in [0.3, 0.4) is 0 Å². The molecule has 2 aromatic heterocycles. The van der Waals surface area contributed by atoms with Crippen LogP contribution >= 0.6 is 0 Å². The predicted molar refractivity (Wildman–Crippen MR) is 71.5 cm³/mol. The Bertz CT molecular complexity index is 519. The van der Waals surface area contributed by atoms with Gasteiger partial charge in [0.1, 0.15) is 11.6 Å². The third kappa shape index (κ3) is 2.97. The number of nitrogens with zero attached hydrogens (tertiary/aromatic N) is 4. The third-order valence-corrected chi connectivity index (χ3v) is 2.57. The Hall–Kier alpha value is -2.11. The molecule has 96 valence electrons. The van der Waals surface area contributed by atoms with E-state index in [4.69, 9.17) is 0 Å². The highest BCUT2D eigenvalue weighted by Crippen LogP contribution is 2.10. The summed E-state index contributed by atoms with van der Waals surface area (Å²) >= 11 is 0. The lowest BCUT2D eigenvalue weighted by atomic mass is 10.2. The van der Waals surface area contributed by atoms with Crippen molar-refractivity contribution in [1.29, 1.82) is 0 Å². The molecule has 2 N–H and O–H groups in total. The summed E-state index contributed by atoms with van der Waals surface area (Å²) in [7, 11) is 1.92. The maximum absolute atomic E-state index is 4.40. The molecule has 6 nitrogen and oxygen atoms in total. The normalized spacial score (nSPS) is 10.4. The van der Waals surface area contributed by atoms with E-state index >= 15 is 0 Å². The molecular formula is C12H18N6. The number of rotatable bonds is 5. The zero-order valence-electron chi connectivity index (χ0n) is 10.9. The fraction of sp³-hybridized carbons (Fsp3) is 0.417. The average Bonchev–Trinajstić information content (AvgIpc) is 2.66.